The molecule has 0 aliphatic rings. The summed E-state index contributed by atoms with van der Waals surface area (Å²) in [4.78, 5) is 0. The van der Waals surface area contributed by atoms with E-state index in [1.54, 1.807) is 0 Å². The second-order valence-corrected chi connectivity index (χ2v) is 8.06. The quantitative estimate of drug-likeness (QED) is 0.305. The highest BCUT2D eigenvalue weighted by Gasteiger charge is 2.17. The van der Waals surface area contributed by atoms with Crippen molar-refractivity contribution >= 4 is 0 Å². The average molecular weight is 283 g/mol. The zero-order valence-electron chi connectivity index (χ0n) is 15.4. The maximum absolute atomic E-state index is 2.47. The van der Waals surface area contributed by atoms with E-state index in [1.165, 1.54) is 70.6 Å². The topological polar surface area (TPSA) is 0 Å². The standard InChI is InChI=1S/C20H42/c1-7-9-10-16-20(5,6)17-12-15-19(4)14-11-13-18(3)8-2/h18-19H,7-17H2,1-6H3. The van der Waals surface area contributed by atoms with E-state index in [4.69, 9.17) is 0 Å². The van der Waals surface area contributed by atoms with Gasteiger partial charge < -0.3 is 0 Å². The molecule has 0 heterocycles. The van der Waals surface area contributed by atoms with E-state index < -0.39 is 0 Å². The van der Waals surface area contributed by atoms with Gasteiger partial charge >= 0.3 is 0 Å². The summed E-state index contributed by atoms with van der Waals surface area (Å²) in [6.07, 6.45) is 15.6. The van der Waals surface area contributed by atoms with Gasteiger partial charge in [-0.05, 0) is 30.1 Å². The first-order chi connectivity index (χ1) is 9.41. The van der Waals surface area contributed by atoms with E-state index in [0.717, 1.165) is 11.8 Å². The van der Waals surface area contributed by atoms with E-state index in [-0.39, 0.29) is 0 Å². The fourth-order valence-corrected chi connectivity index (χ4v) is 3.07. The van der Waals surface area contributed by atoms with Crippen molar-refractivity contribution in [2.45, 2.75) is 112 Å². The highest BCUT2D eigenvalue weighted by Crippen LogP contribution is 2.31. The lowest BCUT2D eigenvalue weighted by Gasteiger charge is -2.25. The lowest BCUT2D eigenvalue weighted by atomic mass is 9.81. The summed E-state index contributed by atoms with van der Waals surface area (Å²) < 4.78 is 0. The van der Waals surface area contributed by atoms with Crippen molar-refractivity contribution < 1.29 is 0 Å². The Bertz CT molecular complexity index is 204. The molecule has 20 heavy (non-hydrogen) atoms. The van der Waals surface area contributed by atoms with Gasteiger partial charge in [0.15, 0.2) is 0 Å². The summed E-state index contributed by atoms with van der Waals surface area (Å²) >= 11 is 0. The SMILES string of the molecule is CCCCCC(C)(C)CCCC(C)CCCC(C)CC. The molecule has 0 fully saturated rings. The van der Waals surface area contributed by atoms with Crippen molar-refractivity contribution in [2.75, 3.05) is 0 Å². The molecule has 0 aromatic rings. The maximum Gasteiger partial charge on any atom is -0.0354 e. The molecule has 0 aromatic heterocycles. The Morgan fingerprint density at radius 1 is 0.700 bits per heavy atom. The van der Waals surface area contributed by atoms with Gasteiger partial charge in [0, 0.05) is 0 Å². The Morgan fingerprint density at radius 3 is 1.85 bits per heavy atom. The van der Waals surface area contributed by atoms with Crippen molar-refractivity contribution in [2.24, 2.45) is 17.3 Å². The summed E-state index contributed by atoms with van der Waals surface area (Å²) in [6.45, 7) is 14.4. The molecule has 0 rings (SSSR count). The van der Waals surface area contributed by atoms with Crippen LogP contribution in [-0.4, -0.2) is 0 Å². The molecule has 2 unspecified atom stereocenters. The Labute approximate surface area is 130 Å². The number of hydrogen-bond donors (Lipinski definition) is 0. The molecule has 0 radical (unpaired) electrons. The minimum absolute atomic E-state index is 0.575. The summed E-state index contributed by atoms with van der Waals surface area (Å²) in [5, 5.41) is 0. The number of unbranched alkanes of at least 4 members (excludes halogenated alkanes) is 2. The van der Waals surface area contributed by atoms with Crippen LogP contribution in [0.25, 0.3) is 0 Å². The molecule has 0 saturated carbocycles. The summed E-state index contributed by atoms with van der Waals surface area (Å²) in [7, 11) is 0. The third-order valence-electron chi connectivity index (χ3n) is 5.10. The second-order valence-electron chi connectivity index (χ2n) is 8.06. The maximum atomic E-state index is 2.47. The van der Waals surface area contributed by atoms with Crippen LogP contribution in [0, 0.1) is 17.3 Å². The van der Waals surface area contributed by atoms with Crippen LogP contribution in [-0.2, 0) is 0 Å². The zero-order valence-corrected chi connectivity index (χ0v) is 15.4. The van der Waals surface area contributed by atoms with Gasteiger partial charge in [-0.15, -0.1) is 0 Å². The van der Waals surface area contributed by atoms with Crippen molar-refractivity contribution in [1.29, 1.82) is 0 Å². The molecule has 0 aliphatic carbocycles. The minimum Gasteiger partial charge on any atom is -0.0654 e. The molecule has 0 aromatic carbocycles. The Morgan fingerprint density at radius 2 is 1.25 bits per heavy atom. The van der Waals surface area contributed by atoms with Gasteiger partial charge in [0.05, 0.1) is 0 Å². The molecule has 0 amide bonds. The van der Waals surface area contributed by atoms with Gasteiger partial charge in [0.2, 0.25) is 0 Å². The molecule has 2 atom stereocenters. The largest absolute Gasteiger partial charge is 0.0654 e. The van der Waals surface area contributed by atoms with Gasteiger partial charge in [-0.25, -0.2) is 0 Å². The molecule has 0 N–H and O–H groups in total. The first-order valence-electron chi connectivity index (χ1n) is 9.41. The second kappa shape index (κ2) is 11.6. The van der Waals surface area contributed by atoms with E-state index >= 15 is 0 Å². The molecule has 122 valence electrons. The van der Waals surface area contributed by atoms with Crippen molar-refractivity contribution in [1.82, 2.24) is 0 Å². The normalized spacial score (nSPS) is 15.3. The van der Waals surface area contributed by atoms with Crippen LogP contribution in [0.3, 0.4) is 0 Å². The van der Waals surface area contributed by atoms with Gasteiger partial charge in [-0.1, -0.05) is 99.3 Å². The fraction of sp³-hybridized carbons (Fsp3) is 1.00. The monoisotopic (exact) mass is 282 g/mol. The highest BCUT2D eigenvalue weighted by atomic mass is 14.2. The van der Waals surface area contributed by atoms with E-state index in [9.17, 15) is 0 Å². The number of hydrogen-bond acceptors (Lipinski definition) is 0. The molecule has 0 bridgehead atoms. The highest BCUT2D eigenvalue weighted by molar-refractivity contribution is 4.69. The minimum atomic E-state index is 0.575. The predicted molar refractivity (Wildman–Crippen MR) is 94.2 cm³/mol. The predicted octanol–water partition coefficient (Wildman–Crippen LogP) is 7.62. The van der Waals surface area contributed by atoms with Crippen LogP contribution < -0.4 is 0 Å². The average Bonchev–Trinajstić information content (AvgIpc) is 2.38. The Kier molecular flexibility index (Phi) is 11.6. The third kappa shape index (κ3) is 11.8. The molecule has 0 nitrogen and oxygen atoms in total. The van der Waals surface area contributed by atoms with E-state index in [2.05, 4.69) is 41.5 Å². The van der Waals surface area contributed by atoms with Crippen molar-refractivity contribution in [3.05, 3.63) is 0 Å². The lowest BCUT2D eigenvalue weighted by molar-refractivity contribution is 0.273. The summed E-state index contributed by atoms with van der Waals surface area (Å²) in [5.74, 6) is 1.87. The molecule has 0 aliphatic heterocycles. The summed E-state index contributed by atoms with van der Waals surface area (Å²) in [5.41, 5.74) is 0.575. The molecule has 0 spiro atoms. The zero-order chi connectivity index (χ0) is 15.4. The van der Waals surface area contributed by atoms with Crippen LogP contribution in [0.5, 0.6) is 0 Å². The fourth-order valence-electron chi connectivity index (χ4n) is 3.07. The molecular weight excluding hydrogens is 240 g/mol. The lowest BCUT2D eigenvalue weighted by Crippen LogP contribution is -2.11. The first-order valence-corrected chi connectivity index (χ1v) is 9.41. The summed E-state index contributed by atoms with van der Waals surface area (Å²) in [6, 6.07) is 0. The van der Waals surface area contributed by atoms with Gasteiger partial charge in [-0.2, -0.15) is 0 Å². The van der Waals surface area contributed by atoms with E-state index in [0.29, 0.717) is 5.41 Å². The van der Waals surface area contributed by atoms with Gasteiger partial charge in [0.1, 0.15) is 0 Å². The Balaban J connectivity index is 3.60. The van der Waals surface area contributed by atoms with Crippen LogP contribution in [0.1, 0.15) is 112 Å². The van der Waals surface area contributed by atoms with Crippen molar-refractivity contribution in [3.63, 3.8) is 0 Å². The molecule has 0 heteroatoms. The molecule has 0 saturated heterocycles. The smallest absolute Gasteiger partial charge is 0.0354 e. The van der Waals surface area contributed by atoms with Gasteiger partial charge in [-0.3, -0.25) is 0 Å². The molecular formula is C20H42. The van der Waals surface area contributed by atoms with Crippen LogP contribution in [0.4, 0.5) is 0 Å². The first kappa shape index (κ1) is 20.0. The van der Waals surface area contributed by atoms with E-state index in [1.807, 2.05) is 0 Å². The van der Waals surface area contributed by atoms with Crippen molar-refractivity contribution in [3.8, 4) is 0 Å². The Hall–Kier alpha value is 0. The van der Waals surface area contributed by atoms with Gasteiger partial charge in [0.25, 0.3) is 0 Å². The van der Waals surface area contributed by atoms with Crippen LogP contribution in [0.2, 0.25) is 0 Å². The van der Waals surface area contributed by atoms with Crippen LogP contribution >= 0.6 is 0 Å². The van der Waals surface area contributed by atoms with Crippen LogP contribution in [0.15, 0.2) is 0 Å². The number of rotatable bonds is 13. The third-order valence-corrected chi connectivity index (χ3v) is 5.10.